The number of halogens is 2. The summed E-state index contributed by atoms with van der Waals surface area (Å²) in [5.41, 5.74) is 3.56. The summed E-state index contributed by atoms with van der Waals surface area (Å²) in [4.78, 5) is 4.62. The van der Waals surface area contributed by atoms with E-state index in [0.717, 1.165) is 16.8 Å². The first kappa shape index (κ1) is 25.2. The van der Waals surface area contributed by atoms with Gasteiger partial charge in [-0.15, -0.1) is 0 Å². The van der Waals surface area contributed by atoms with Crippen LogP contribution in [0, 0.1) is 13.8 Å². The van der Waals surface area contributed by atoms with Gasteiger partial charge < -0.3 is 4.42 Å². The lowest BCUT2D eigenvalue weighted by Gasteiger charge is -2.22. The summed E-state index contributed by atoms with van der Waals surface area (Å²) < 4.78 is 34.4. The second kappa shape index (κ2) is 10.8. The van der Waals surface area contributed by atoms with Crippen LogP contribution in [0.4, 0.5) is 5.69 Å². The molecular formula is C27H24Cl2N2O3S. The Bertz CT molecular complexity index is 1440. The molecule has 0 atom stereocenters. The molecule has 0 spiro atoms. The van der Waals surface area contributed by atoms with Gasteiger partial charge in [0.05, 0.1) is 23.3 Å². The Hall–Kier alpha value is -2.90. The molecule has 0 radical (unpaired) electrons. The number of hydrogen-bond donors (Lipinski definition) is 0. The number of aliphatic imine (C=N–C) groups is 1. The number of aryl methyl sites for hydroxylation is 2. The zero-order chi connectivity index (χ0) is 25.0. The molecule has 5 nitrogen and oxygen atoms in total. The molecular weight excluding hydrogens is 503 g/mol. The molecule has 0 aliphatic carbocycles. The van der Waals surface area contributed by atoms with Crippen LogP contribution in [0.15, 0.2) is 93.2 Å². The third-order valence-electron chi connectivity index (χ3n) is 5.41. The second-order valence-corrected chi connectivity index (χ2v) is 11.0. The van der Waals surface area contributed by atoms with Gasteiger partial charge in [0.15, 0.2) is 0 Å². The Labute approximate surface area is 215 Å². The molecule has 4 rings (SSSR count). The summed E-state index contributed by atoms with van der Waals surface area (Å²) in [5, 5.41) is 0.877. The fourth-order valence-electron chi connectivity index (χ4n) is 3.42. The van der Waals surface area contributed by atoms with Gasteiger partial charge in [-0.25, -0.2) is 8.42 Å². The van der Waals surface area contributed by atoms with E-state index in [1.54, 1.807) is 60.8 Å². The first-order valence-corrected chi connectivity index (χ1v) is 13.1. The van der Waals surface area contributed by atoms with Crippen molar-refractivity contribution in [1.29, 1.82) is 0 Å². The molecule has 3 aromatic carbocycles. The highest BCUT2D eigenvalue weighted by atomic mass is 35.5. The normalized spacial score (nSPS) is 12.0. The Morgan fingerprint density at radius 1 is 0.857 bits per heavy atom. The van der Waals surface area contributed by atoms with E-state index in [0.29, 0.717) is 27.1 Å². The molecule has 0 N–H and O–H groups in total. The van der Waals surface area contributed by atoms with Crippen LogP contribution in [0.3, 0.4) is 0 Å². The molecule has 35 heavy (non-hydrogen) atoms. The summed E-state index contributed by atoms with van der Waals surface area (Å²) in [6, 6.07) is 23.1. The van der Waals surface area contributed by atoms with Crippen molar-refractivity contribution in [3.05, 3.63) is 117 Å². The molecule has 0 aliphatic heterocycles. The monoisotopic (exact) mass is 526 g/mol. The summed E-state index contributed by atoms with van der Waals surface area (Å²) >= 11 is 12.4. The highest BCUT2D eigenvalue weighted by Crippen LogP contribution is 2.27. The highest BCUT2D eigenvalue weighted by Gasteiger charge is 2.26. The quantitative estimate of drug-likeness (QED) is 0.225. The summed E-state index contributed by atoms with van der Waals surface area (Å²) in [5.74, 6) is 1.01. The average molecular weight is 527 g/mol. The number of furan rings is 1. The van der Waals surface area contributed by atoms with E-state index in [1.807, 2.05) is 38.1 Å². The number of benzene rings is 3. The van der Waals surface area contributed by atoms with Crippen molar-refractivity contribution in [3.63, 3.8) is 0 Å². The highest BCUT2D eigenvalue weighted by molar-refractivity contribution is 7.89. The van der Waals surface area contributed by atoms with Gasteiger partial charge in [0.1, 0.15) is 11.5 Å². The molecule has 0 amide bonds. The van der Waals surface area contributed by atoms with Crippen LogP contribution in [0.5, 0.6) is 0 Å². The van der Waals surface area contributed by atoms with E-state index >= 15 is 0 Å². The number of sulfonamides is 1. The van der Waals surface area contributed by atoms with E-state index in [4.69, 9.17) is 27.6 Å². The molecule has 0 saturated heterocycles. The zero-order valence-electron chi connectivity index (χ0n) is 19.3. The molecule has 0 fully saturated rings. The predicted molar refractivity (Wildman–Crippen MR) is 141 cm³/mol. The molecule has 1 aromatic heterocycles. The first-order chi connectivity index (χ1) is 16.7. The van der Waals surface area contributed by atoms with Crippen molar-refractivity contribution >= 4 is 45.1 Å². The SMILES string of the molecule is Cc1ccc(N=Cc2ccc(CN(Cc3ccc(Cl)cc3Cl)S(=O)(=O)c3ccc(C)cc3)o2)cc1. The molecule has 0 bridgehead atoms. The smallest absolute Gasteiger partial charge is 0.243 e. The lowest BCUT2D eigenvalue weighted by Crippen LogP contribution is -2.30. The first-order valence-electron chi connectivity index (χ1n) is 10.9. The van der Waals surface area contributed by atoms with Crippen LogP contribution < -0.4 is 0 Å². The maximum Gasteiger partial charge on any atom is 0.243 e. The number of hydrogen-bond acceptors (Lipinski definition) is 4. The van der Waals surface area contributed by atoms with Gasteiger partial charge in [0.25, 0.3) is 0 Å². The standard InChI is InChI=1S/C27H24Cl2N2O3S/c1-19-3-9-23(10-4-19)30-16-24-11-12-25(34-24)18-31(17-21-7-8-22(28)15-27(21)29)35(32,33)26-13-5-20(2)6-14-26/h3-16H,17-18H2,1-2H3. The zero-order valence-corrected chi connectivity index (χ0v) is 21.6. The maximum absolute atomic E-state index is 13.6. The Morgan fingerprint density at radius 2 is 1.51 bits per heavy atom. The van der Waals surface area contributed by atoms with Gasteiger partial charge in [0.2, 0.25) is 10.0 Å². The van der Waals surface area contributed by atoms with Crippen molar-refractivity contribution in [2.75, 3.05) is 0 Å². The van der Waals surface area contributed by atoms with Crippen molar-refractivity contribution in [2.24, 2.45) is 4.99 Å². The summed E-state index contributed by atoms with van der Waals surface area (Å²) in [6.07, 6.45) is 1.61. The van der Waals surface area contributed by atoms with Crippen molar-refractivity contribution in [2.45, 2.75) is 31.8 Å². The van der Waals surface area contributed by atoms with Crippen LogP contribution in [-0.2, 0) is 23.1 Å². The minimum Gasteiger partial charge on any atom is -0.459 e. The van der Waals surface area contributed by atoms with Crippen LogP contribution in [0.25, 0.3) is 0 Å². The van der Waals surface area contributed by atoms with E-state index in [2.05, 4.69) is 4.99 Å². The predicted octanol–water partition coefficient (Wildman–Crippen LogP) is 7.34. The van der Waals surface area contributed by atoms with Crippen LogP contribution >= 0.6 is 23.2 Å². The van der Waals surface area contributed by atoms with Gasteiger partial charge in [-0.2, -0.15) is 4.31 Å². The number of rotatable bonds is 8. The fourth-order valence-corrected chi connectivity index (χ4v) is 5.27. The van der Waals surface area contributed by atoms with Crippen LogP contribution in [0.1, 0.15) is 28.2 Å². The molecule has 0 aliphatic rings. The van der Waals surface area contributed by atoms with E-state index in [9.17, 15) is 8.42 Å². The Kier molecular flexibility index (Phi) is 7.77. The van der Waals surface area contributed by atoms with Gasteiger partial charge in [-0.3, -0.25) is 4.99 Å². The minimum absolute atomic E-state index is 0.0214. The fraction of sp³-hybridized carbons (Fsp3) is 0.148. The number of nitrogens with zero attached hydrogens (tertiary/aromatic N) is 2. The topological polar surface area (TPSA) is 62.9 Å². The maximum atomic E-state index is 13.6. The Balaban J connectivity index is 1.61. The summed E-state index contributed by atoms with van der Waals surface area (Å²) in [7, 11) is -3.84. The second-order valence-electron chi connectivity index (χ2n) is 8.22. The van der Waals surface area contributed by atoms with Gasteiger partial charge in [-0.1, -0.05) is 64.7 Å². The lowest BCUT2D eigenvalue weighted by atomic mass is 10.2. The van der Waals surface area contributed by atoms with Crippen molar-refractivity contribution in [3.8, 4) is 0 Å². The van der Waals surface area contributed by atoms with Crippen molar-refractivity contribution in [1.82, 2.24) is 4.31 Å². The molecule has 0 saturated carbocycles. The minimum atomic E-state index is -3.84. The largest absolute Gasteiger partial charge is 0.459 e. The molecule has 0 unspecified atom stereocenters. The van der Waals surface area contributed by atoms with E-state index in [1.165, 1.54) is 4.31 Å². The third kappa shape index (κ3) is 6.41. The molecule has 8 heteroatoms. The van der Waals surface area contributed by atoms with E-state index in [-0.39, 0.29) is 18.0 Å². The molecule has 4 aromatic rings. The van der Waals surface area contributed by atoms with Gasteiger partial charge in [-0.05, 0) is 67.9 Å². The van der Waals surface area contributed by atoms with E-state index < -0.39 is 10.0 Å². The van der Waals surface area contributed by atoms with Gasteiger partial charge >= 0.3 is 0 Å². The average Bonchev–Trinajstić information content (AvgIpc) is 3.27. The van der Waals surface area contributed by atoms with Crippen LogP contribution in [0.2, 0.25) is 10.0 Å². The lowest BCUT2D eigenvalue weighted by molar-refractivity contribution is 0.357. The molecule has 180 valence electrons. The van der Waals surface area contributed by atoms with Gasteiger partial charge in [0, 0.05) is 16.6 Å². The van der Waals surface area contributed by atoms with Crippen LogP contribution in [-0.4, -0.2) is 18.9 Å². The molecule has 1 heterocycles. The van der Waals surface area contributed by atoms with Crippen molar-refractivity contribution < 1.29 is 12.8 Å². The Morgan fingerprint density at radius 3 is 2.17 bits per heavy atom. The summed E-state index contributed by atoms with van der Waals surface area (Å²) in [6.45, 7) is 4.00. The third-order valence-corrected chi connectivity index (χ3v) is 7.80.